The molecule has 1 aliphatic rings. The molecule has 1 saturated carbocycles. The predicted octanol–water partition coefficient (Wildman–Crippen LogP) is 3.13. The summed E-state index contributed by atoms with van der Waals surface area (Å²) in [5.74, 6) is 0.797. The fourth-order valence-electron chi connectivity index (χ4n) is 3.24. The minimum atomic E-state index is -0.214. The van der Waals surface area contributed by atoms with Gasteiger partial charge in [-0.1, -0.05) is 12.8 Å². The van der Waals surface area contributed by atoms with Crippen LogP contribution in [0.25, 0.3) is 11.3 Å². The Kier molecular flexibility index (Phi) is 4.29. The molecule has 4 heteroatoms. The second kappa shape index (κ2) is 6.36. The van der Waals surface area contributed by atoms with Crippen LogP contribution in [0.3, 0.4) is 0 Å². The van der Waals surface area contributed by atoms with Gasteiger partial charge in [0.15, 0.2) is 0 Å². The smallest absolute Gasteiger partial charge is 0.256 e. The standard InChI is InChI=1S/C18H21NO3/c1-22-16-9-6-13(7-10-16)17-11-8-14(12-20)18(21)19(17)15-4-2-3-5-15/h6-11,15,20H,2-5,12H2,1H3. The summed E-state index contributed by atoms with van der Waals surface area (Å²) in [5, 5.41) is 9.39. The highest BCUT2D eigenvalue weighted by Crippen LogP contribution is 2.32. The van der Waals surface area contributed by atoms with Crippen LogP contribution < -0.4 is 10.3 Å². The molecule has 0 spiro atoms. The van der Waals surface area contributed by atoms with Gasteiger partial charge in [0.1, 0.15) is 5.75 Å². The third-order valence-electron chi connectivity index (χ3n) is 4.44. The summed E-state index contributed by atoms with van der Waals surface area (Å²) in [6, 6.07) is 11.6. The van der Waals surface area contributed by atoms with E-state index >= 15 is 0 Å². The van der Waals surface area contributed by atoms with Gasteiger partial charge in [0.25, 0.3) is 5.56 Å². The van der Waals surface area contributed by atoms with Crippen molar-refractivity contribution in [3.05, 3.63) is 52.3 Å². The molecule has 2 aromatic rings. The molecular weight excluding hydrogens is 278 g/mol. The molecule has 22 heavy (non-hydrogen) atoms. The number of hydrogen-bond acceptors (Lipinski definition) is 3. The number of aliphatic hydroxyl groups excluding tert-OH is 1. The van der Waals surface area contributed by atoms with Crippen LogP contribution in [0, 0.1) is 0 Å². The zero-order valence-electron chi connectivity index (χ0n) is 12.8. The van der Waals surface area contributed by atoms with Crippen molar-refractivity contribution in [3.8, 4) is 17.0 Å². The zero-order chi connectivity index (χ0) is 15.5. The van der Waals surface area contributed by atoms with Crippen molar-refractivity contribution in [1.82, 2.24) is 4.57 Å². The molecule has 1 aromatic heterocycles. The predicted molar refractivity (Wildman–Crippen MR) is 86.1 cm³/mol. The average molecular weight is 299 g/mol. The Bertz CT molecular complexity index is 697. The van der Waals surface area contributed by atoms with Gasteiger partial charge in [-0.3, -0.25) is 4.79 Å². The lowest BCUT2D eigenvalue weighted by Gasteiger charge is -2.20. The highest BCUT2D eigenvalue weighted by atomic mass is 16.5. The maximum absolute atomic E-state index is 12.7. The fourth-order valence-corrected chi connectivity index (χ4v) is 3.24. The lowest BCUT2D eigenvalue weighted by atomic mass is 10.1. The van der Waals surface area contributed by atoms with Crippen molar-refractivity contribution in [2.45, 2.75) is 38.3 Å². The highest BCUT2D eigenvalue weighted by Gasteiger charge is 2.22. The van der Waals surface area contributed by atoms with Crippen LogP contribution in [0.1, 0.15) is 37.3 Å². The van der Waals surface area contributed by atoms with Gasteiger partial charge >= 0.3 is 0 Å². The molecule has 0 amide bonds. The van der Waals surface area contributed by atoms with E-state index in [-0.39, 0.29) is 18.2 Å². The molecule has 1 fully saturated rings. The monoisotopic (exact) mass is 299 g/mol. The van der Waals surface area contributed by atoms with Gasteiger partial charge in [0, 0.05) is 11.6 Å². The first-order chi connectivity index (χ1) is 10.7. The minimum Gasteiger partial charge on any atom is -0.497 e. The third kappa shape index (κ3) is 2.66. The van der Waals surface area contributed by atoms with Crippen LogP contribution in [-0.4, -0.2) is 16.8 Å². The number of aromatic nitrogens is 1. The van der Waals surface area contributed by atoms with Crippen molar-refractivity contribution < 1.29 is 9.84 Å². The van der Waals surface area contributed by atoms with Crippen molar-refractivity contribution in [1.29, 1.82) is 0 Å². The Morgan fingerprint density at radius 1 is 1.14 bits per heavy atom. The van der Waals surface area contributed by atoms with E-state index in [0.717, 1.165) is 42.7 Å². The SMILES string of the molecule is COc1ccc(-c2ccc(CO)c(=O)n2C2CCCC2)cc1. The van der Waals surface area contributed by atoms with Crippen LogP contribution in [0.2, 0.25) is 0 Å². The van der Waals surface area contributed by atoms with Crippen LogP contribution in [0.5, 0.6) is 5.75 Å². The second-order valence-electron chi connectivity index (χ2n) is 5.74. The van der Waals surface area contributed by atoms with E-state index in [4.69, 9.17) is 4.74 Å². The zero-order valence-corrected chi connectivity index (χ0v) is 12.8. The number of benzene rings is 1. The Morgan fingerprint density at radius 2 is 1.82 bits per heavy atom. The molecule has 0 atom stereocenters. The number of hydrogen-bond donors (Lipinski definition) is 1. The first-order valence-corrected chi connectivity index (χ1v) is 7.74. The molecule has 0 bridgehead atoms. The normalized spacial score (nSPS) is 15.2. The lowest BCUT2D eigenvalue weighted by Crippen LogP contribution is -2.27. The largest absolute Gasteiger partial charge is 0.497 e. The van der Waals surface area contributed by atoms with E-state index < -0.39 is 0 Å². The number of methoxy groups -OCH3 is 1. The van der Waals surface area contributed by atoms with Gasteiger partial charge < -0.3 is 14.4 Å². The van der Waals surface area contributed by atoms with Crippen LogP contribution >= 0.6 is 0 Å². The first kappa shape index (κ1) is 14.9. The fraction of sp³-hybridized carbons (Fsp3) is 0.389. The molecule has 116 valence electrons. The van der Waals surface area contributed by atoms with E-state index in [1.54, 1.807) is 13.2 Å². The average Bonchev–Trinajstić information content (AvgIpc) is 3.08. The highest BCUT2D eigenvalue weighted by molar-refractivity contribution is 5.61. The van der Waals surface area contributed by atoms with Crippen LogP contribution in [0.15, 0.2) is 41.2 Å². The van der Waals surface area contributed by atoms with Gasteiger partial charge in [0.05, 0.1) is 19.4 Å². The van der Waals surface area contributed by atoms with Gasteiger partial charge in [0.2, 0.25) is 0 Å². The van der Waals surface area contributed by atoms with Gasteiger partial charge in [-0.25, -0.2) is 0 Å². The Labute approximate surface area is 130 Å². The topological polar surface area (TPSA) is 51.5 Å². The molecule has 1 aromatic carbocycles. The Hall–Kier alpha value is -2.07. The van der Waals surface area contributed by atoms with Gasteiger partial charge in [-0.2, -0.15) is 0 Å². The summed E-state index contributed by atoms with van der Waals surface area (Å²) in [5.41, 5.74) is 2.30. The van der Waals surface area contributed by atoms with Crippen molar-refractivity contribution in [2.75, 3.05) is 7.11 Å². The van der Waals surface area contributed by atoms with Gasteiger partial charge in [-0.15, -0.1) is 0 Å². The van der Waals surface area contributed by atoms with Gasteiger partial charge in [-0.05, 0) is 54.8 Å². The second-order valence-corrected chi connectivity index (χ2v) is 5.74. The number of ether oxygens (including phenoxy) is 1. The third-order valence-corrected chi connectivity index (χ3v) is 4.44. The molecule has 0 unspecified atom stereocenters. The maximum Gasteiger partial charge on any atom is 0.256 e. The van der Waals surface area contributed by atoms with E-state index in [0.29, 0.717) is 5.56 Å². The van der Waals surface area contributed by atoms with Crippen LogP contribution in [-0.2, 0) is 6.61 Å². The lowest BCUT2D eigenvalue weighted by molar-refractivity contribution is 0.278. The number of pyridine rings is 1. The molecule has 1 aliphatic carbocycles. The minimum absolute atomic E-state index is 0.0669. The van der Waals surface area contributed by atoms with E-state index in [9.17, 15) is 9.90 Å². The molecule has 4 nitrogen and oxygen atoms in total. The van der Waals surface area contributed by atoms with Crippen molar-refractivity contribution in [2.24, 2.45) is 0 Å². The molecule has 3 rings (SSSR count). The summed E-state index contributed by atoms with van der Waals surface area (Å²) < 4.78 is 7.07. The molecule has 0 saturated heterocycles. The quantitative estimate of drug-likeness (QED) is 0.943. The summed E-state index contributed by atoms with van der Waals surface area (Å²) in [6.45, 7) is -0.214. The number of nitrogens with zero attached hydrogens (tertiary/aromatic N) is 1. The number of rotatable bonds is 4. The summed E-state index contributed by atoms with van der Waals surface area (Å²) >= 11 is 0. The molecule has 0 radical (unpaired) electrons. The molecular formula is C18H21NO3. The first-order valence-electron chi connectivity index (χ1n) is 7.74. The van der Waals surface area contributed by atoms with E-state index in [1.807, 2.05) is 34.9 Å². The molecule has 0 aliphatic heterocycles. The number of aliphatic hydroxyl groups is 1. The Morgan fingerprint density at radius 3 is 2.41 bits per heavy atom. The maximum atomic E-state index is 12.7. The van der Waals surface area contributed by atoms with E-state index in [1.165, 1.54) is 0 Å². The Balaban J connectivity index is 2.13. The summed E-state index contributed by atoms with van der Waals surface area (Å²) in [6.07, 6.45) is 4.36. The van der Waals surface area contributed by atoms with Crippen molar-refractivity contribution >= 4 is 0 Å². The van der Waals surface area contributed by atoms with E-state index in [2.05, 4.69) is 0 Å². The van der Waals surface area contributed by atoms with Crippen LogP contribution in [0.4, 0.5) is 0 Å². The summed E-state index contributed by atoms with van der Waals surface area (Å²) in [4.78, 5) is 12.7. The molecule has 1 heterocycles. The van der Waals surface area contributed by atoms with Crippen molar-refractivity contribution in [3.63, 3.8) is 0 Å². The molecule has 1 N–H and O–H groups in total. The summed E-state index contributed by atoms with van der Waals surface area (Å²) in [7, 11) is 1.64.